The molecule has 2 aromatic rings. The number of methoxy groups -OCH3 is 2. The number of nitrogens with one attached hydrogen (secondary N) is 1. The highest BCUT2D eigenvalue weighted by molar-refractivity contribution is 6.76. The molecule has 43 heavy (non-hydrogen) atoms. The first kappa shape index (κ1) is 33.5. The second kappa shape index (κ2) is 15.0. The number of anilines is 3. The fourth-order valence-corrected chi connectivity index (χ4v) is 6.56. The van der Waals surface area contributed by atoms with Gasteiger partial charge in [-0.2, -0.15) is 10.1 Å². The van der Waals surface area contributed by atoms with Crippen LogP contribution in [0, 0.1) is 5.92 Å². The third kappa shape index (κ3) is 9.78. The molecule has 1 aromatic heterocycles. The van der Waals surface area contributed by atoms with Gasteiger partial charge in [-0.1, -0.05) is 46.5 Å². The molecule has 9 nitrogen and oxygen atoms in total. The van der Waals surface area contributed by atoms with Crippen molar-refractivity contribution in [3.05, 3.63) is 29.6 Å². The molecule has 4 rings (SSSR count). The molecule has 2 aliphatic rings. The molecule has 0 amide bonds. The van der Waals surface area contributed by atoms with Crippen LogP contribution in [-0.2, 0) is 25.7 Å². The fraction of sp³-hybridized carbons (Fsp3) is 0.727. The lowest BCUT2D eigenvalue weighted by atomic mass is 9.90. The van der Waals surface area contributed by atoms with E-state index < -0.39 is 8.07 Å². The summed E-state index contributed by atoms with van der Waals surface area (Å²) < 4.78 is 18.7. The van der Waals surface area contributed by atoms with Crippen LogP contribution in [0.1, 0.15) is 88.9 Å². The maximum atomic E-state index is 12.1. The van der Waals surface area contributed by atoms with Crippen molar-refractivity contribution in [2.24, 2.45) is 5.92 Å². The lowest BCUT2D eigenvalue weighted by Crippen LogP contribution is -2.41. The number of carbonyl (C=O) groups is 1. The van der Waals surface area contributed by atoms with Gasteiger partial charge in [-0.05, 0) is 74.1 Å². The summed E-state index contributed by atoms with van der Waals surface area (Å²) in [6.45, 7) is 15.8. The first-order valence-corrected chi connectivity index (χ1v) is 20.0. The van der Waals surface area contributed by atoms with Crippen LogP contribution in [0.25, 0.3) is 0 Å². The highest BCUT2D eigenvalue weighted by Gasteiger charge is 2.31. The van der Waals surface area contributed by atoms with Crippen LogP contribution in [0.5, 0.6) is 0 Å². The summed E-state index contributed by atoms with van der Waals surface area (Å²) in [4.78, 5) is 19.7. The molecule has 1 heterocycles. The highest BCUT2D eigenvalue weighted by atomic mass is 28.3. The van der Waals surface area contributed by atoms with Gasteiger partial charge in [0.25, 0.3) is 0 Å². The first-order valence-electron chi connectivity index (χ1n) is 16.3. The van der Waals surface area contributed by atoms with E-state index in [9.17, 15) is 4.79 Å². The second-order valence-corrected chi connectivity index (χ2v) is 19.8. The Bertz CT molecular complexity index is 1180. The zero-order valence-corrected chi connectivity index (χ0v) is 28.8. The van der Waals surface area contributed by atoms with E-state index in [1.54, 1.807) is 0 Å². The molecule has 0 spiro atoms. The molecule has 0 saturated heterocycles. The summed E-state index contributed by atoms with van der Waals surface area (Å²) in [6.07, 6.45) is 7.28. The van der Waals surface area contributed by atoms with Crippen LogP contribution in [-0.4, -0.2) is 68.3 Å². The molecule has 0 aliphatic heterocycles. The average molecular weight is 614 g/mol. The van der Waals surface area contributed by atoms with Gasteiger partial charge in [0.2, 0.25) is 5.95 Å². The molecule has 2 saturated carbocycles. The third-order valence-electron chi connectivity index (χ3n) is 8.67. The monoisotopic (exact) mass is 613 g/mol. The minimum Gasteiger partial charge on any atom is -0.469 e. The van der Waals surface area contributed by atoms with Crippen molar-refractivity contribution >= 4 is 31.4 Å². The number of carbonyl (C=O) groups excluding carboxylic acids is 1. The number of hydrogen-bond donors (Lipinski definition) is 1. The standard InChI is InChI=1S/C33H55N5O4Si/c1-23(2)21-37(27-12-14-28(40-4)15-13-27)30-16-11-26(24(3)19-31(39)41-5)20-29(30)34-33-35-32(25-9-10-25)36-38(33)22-42-17-18-43(6,7)8/h11,16,20,23-25,27-28H,9-10,12-15,17-19,21-22H2,1-8H3,(H,34,35,36)/t24?,27-,28+. The first-order chi connectivity index (χ1) is 20.5. The summed E-state index contributed by atoms with van der Waals surface area (Å²) in [5, 5.41) is 8.59. The average Bonchev–Trinajstić information content (AvgIpc) is 3.75. The molecule has 1 aromatic carbocycles. The van der Waals surface area contributed by atoms with Crippen molar-refractivity contribution < 1.29 is 19.0 Å². The van der Waals surface area contributed by atoms with Gasteiger partial charge in [-0.15, -0.1) is 0 Å². The molecule has 1 atom stereocenters. The Morgan fingerprint density at radius 3 is 2.42 bits per heavy atom. The largest absolute Gasteiger partial charge is 0.469 e. The molecular formula is C33H55N5O4Si. The maximum absolute atomic E-state index is 12.1. The predicted molar refractivity (Wildman–Crippen MR) is 176 cm³/mol. The van der Waals surface area contributed by atoms with E-state index in [4.69, 9.17) is 24.3 Å². The third-order valence-corrected chi connectivity index (χ3v) is 10.4. The predicted octanol–water partition coefficient (Wildman–Crippen LogP) is 7.30. The Morgan fingerprint density at radius 1 is 1.09 bits per heavy atom. The van der Waals surface area contributed by atoms with Crippen LogP contribution in [0.4, 0.5) is 17.3 Å². The lowest BCUT2D eigenvalue weighted by Gasteiger charge is -2.40. The van der Waals surface area contributed by atoms with Crippen LogP contribution in [0.15, 0.2) is 18.2 Å². The Kier molecular flexibility index (Phi) is 11.7. The second-order valence-electron chi connectivity index (χ2n) is 14.2. The van der Waals surface area contributed by atoms with Crippen molar-refractivity contribution in [1.29, 1.82) is 0 Å². The van der Waals surface area contributed by atoms with E-state index in [0.717, 1.165) is 80.5 Å². The number of aromatic nitrogens is 3. The van der Waals surface area contributed by atoms with Gasteiger partial charge in [-0.25, -0.2) is 4.68 Å². The molecule has 0 radical (unpaired) electrons. The molecule has 0 bridgehead atoms. The molecule has 10 heteroatoms. The molecule has 2 fully saturated rings. The molecular weight excluding hydrogens is 558 g/mol. The van der Waals surface area contributed by atoms with Gasteiger partial charge < -0.3 is 24.4 Å². The zero-order valence-electron chi connectivity index (χ0n) is 27.8. The smallest absolute Gasteiger partial charge is 0.306 e. The van der Waals surface area contributed by atoms with Crippen LogP contribution < -0.4 is 10.2 Å². The Morgan fingerprint density at radius 2 is 1.81 bits per heavy atom. The van der Waals surface area contributed by atoms with E-state index in [-0.39, 0.29) is 11.9 Å². The summed E-state index contributed by atoms with van der Waals surface area (Å²) in [6, 6.07) is 8.13. The summed E-state index contributed by atoms with van der Waals surface area (Å²) in [7, 11) is 2.08. The van der Waals surface area contributed by atoms with Gasteiger partial charge in [-0.3, -0.25) is 4.79 Å². The van der Waals surface area contributed by atoms with E-state index in [1.165, 1.54) is 7.11 Å². The lowest BCUT2D eigenvalue weighted by molar-refractivity contribution is -0.140. The quantitative estimate of drug-likeness (QED) is 0.120. The SMILES string of the molecule is COC(=O)CC(C)c1ccc(N(CC(C)C)[C@H]2CC[C@@H](OC)CC2)c(Nc2nc(C3CC3)nn2COCC[Si](C)(C)C)c1. The Hall–Kier alpha value is -2.43. The van der Waals surface area contributed by atoms with Crippen molar-refractivity contribution in [3.8, 4) is 0 Å². The van der Waals surface area contributed by atoms with Gasteiger partial charge in [0, 0.05) is 40.3 Å². The fourth-order valence-electron chi connectivity index (χ4n) is 5.80. The number of rotatable bonds is 16. The summed E-state index contributed by atoms with van der Waals surface area (Å²) in [5.41, 5.74) is 3.23. The minimum absolute atomic E-state index is 0.0162. The topological polar surface area (TPSA) is 90.7 Å². The van der Waals surface area contributed by atoms with Crippen LogP contribution >= 0.6 is 0 Å². The molecule has 2 aliphatic carbocycles. The number of hydrogen-bond acceptors (Lipinski definition) is 8. The van der Waals surface area contributed by atoms with Crippen LogP contribution in [0.3, 0.4) is 0 Å². The summed E-state index contributed by atoms with van der Waals surface area (Å²) >= 11 is 0. The van der Waals surface area contributed by atoms with Crippen molar-refractivity contribution in [2.45, 2.75) is 122 Å². The Labute approximate surface area is 260 Å². The van der Waals surface area contributed by atoms with E-state index in [1.807, 2.05) is 11.8 Å². The van der Waals surface area contributed by atoms with Crippen molar-refractivity contribution in [2.75, 3.05) is 37.6 Å². The van der Waals surface area contributed by atoms with Crippen molar-refractivity contribution in [3.63, 3.8) is 0 Å². The van der Waals surface area contributed by atoms with Gasteiger partial charge in [0.15, 0.2) is 5.82 Å². The maximum Gasteiger partial charge on any atom is 0.306 e. The van der Waals surface area contributed by atoms with Gasteiger partial charge in [0.1, 0.15) is 6.73 Å². The summed E-state index contributed by atoms with van der Waals surface area (Å²) in [5.74, 6) is 2.35. The molecule has 1 unspecified atom stereocenters. The minimum atomic E-state index is -1.19. The van der Waals surface area contributed by atoms with Gasteiger partial charge in [0.05, 0.1) is 31.0 Å². The number of esters is 1. The molecule has 240 valence electrons. The number of benzene rings is 1. The zero-order chi connectivity index (χ0) is 31.1. The number of ether oxygens (including phenoxy) is 3. The highest BCUT2D eigenvalue weighted by Crippen LogP contribution is 2.40. The van der Waals surface area contributed by atoms with E-state index >= 15 is 0 Å². The number of nitrogens with zero attached hydrogens (tertiary/aromatic N) is 4. The Balaban J connectivity index is 1.67. The van der Waals surface area contributed by atoms with Gasteiger partial charge >= 0.3 is 5.97 Å². The van der Waals surface area contributed by atoms with E-state index in [2.05, 4.69) is 68.8 Å². The normalized spacial score (nSPS) is 19.8. The van der Waals surface area contributed by atoms with E-state index in [0.29, 0.717) is 43.1 Å². The molecule has 1 N–H and O–H groups in total. The van der Waals surface area contributed by atoms with Crippen LogP contribution in [0.2, 0.25) is 25.7 Å². The van der Waals surface area contributed by atoms with Crippen molar-refractivity contribution in [1.82, 2.24) is 14.8 Å².